The van der Waals surface area contributed by atoms with E-state index in [-0.39, 0.29) is 30.0 Å². The van der Waals surface area contributed by atoms with Gasteiger partial charge in [0.1, 0.15) is 0 Å². The Hall–Kier alpha value is -1.78. The van der Waals surface area contributed by atoms with Gasteiger partial charge in [-0.25, -0.2) is 18.4 Å². The first kappa shape index (κ1) is 10.9. The Bertz CT molecular complexity index is 667. The molecule has 1 aromatic carbocycles. The summed E-state index contributed by atoms with van der Waals surface area (Å²) >= 11 is 0. The van der Waals surface area contributed by atoms with Gasteiger partial charge in [-0.15, -0.1) is 0 Å². The monoisotopic (exact) mass is 276 g/mol. The van der Waals surface area contributed by atoms with E-state index in [9.17, 15) is 8.78 Å². The lowest BCUT2D eigenvalue weighted by Gasteiger charge is -2.11. The topological polar surface area (TPSA) is 30.7 Å². The predicted molar refractivity (Wildman–Crippen MR) is 69.6 cm³/mol. The zero-order chi connectivity index (χ0) is 14.6. The van der Waals surface area contributed by atoms with Crippen LogP contribution in [0.15, 0.2) is 30.3 Å². The van der Waals surface area contributed by atoms with Crippen molar-refractivity contribution in [3.8, 4) is 0 Å². The molecule has 0 bridgehead atoms. The summed E-state index contributed by atoms with van der Waals surface area (Å²) in [5, 5.41) is 4.13. The molecule has 0 saturated heterocycles. The van der Waals surface area contributed by atoms with Crippen LogP contribution < -0.4 is 0 Å². The third-order valence-corrected chi connectivity index (χ3v) is 4.00. The SMILES string of the molecule is [2H][C@@](F)(c1nc2n(n1)[C@H](c1ccccc1)C[C@@H]2F)C1CC1. The smallest absolute Gasteiger partial charge is 0.185 e. The molecule has 5 heteroatoms. The van der Waals surface area contributed by atoms with Crippen LogP contribution in [0.4, 0.5) is 8.78 Å². The minimum atomic E-state index is -2.29. The van der Waals surface area contributed by atoms with Gasteiger partial charge in [0.2, 0.25) is 0 Å². The second-order valence-corrected chi connectivity index (χ2v) is 5.49. The van der Waals surface area contributed by atoms with Gasteiger partial charge in [-0.1, -0.05) is 30.3 Å². The summed E-state index contributed by atoms with van der Waals surface area (Å²) in [7, 11) is 0. The number of nitrogens with zero attached hydrogens (tertiary/aromatic N) is 3. The first-order valence-electron chi connectivity index (χ1n) is 7.42. The fourth-order valence-electron chi connectivity index (χ4n) is 2.75. The second kappa shape index (κ2) is 4.36. The Morgan fingerprint density at radius 3 is 2.75 bits per heavy atom. The third kappa shape index (κ3) is 1.84. The van der Waals surface area contributed by atoms with Crippen LogP contribution in [0.3, 0.4) is 0 Å². The van der Waals surface area contributed by atoms with Crippen LogP contribution >= 0.6 is 0 Å². The molecule has 0 N–H and O–H groups in total. The van der Waals surface area contributed by atoms with E-state index in [2.05, 4.69) is 10.1 Å². The summed E-state index contributed by atoms with van der Waals surface area (Å²) in [6.45, 7) is 0. The van der Waals surface area contributed by atoms with Crippen LogP contribution in [0.5, 0.6) is 0 Å². The van der Waals surface area contributed by atoms with Gasteiger partial charge in [-0.05, 0) is 24.3 Å². The fraction of sp³-hybridized carbons (Fsp3) is 0.467. The molecule has 2 aliphatic rings. The Balaban J connectivity index is 1.74. The lowest BCUT2D eigenvalue weighted by molar-refractivity contribution is 0.283. The van der Waals surface area contributed by atoms with E-state index in [0.29, 0.717) is 12.8 Å². The standard InChI is InChI=1S/C15H15F2N3/c16-11-8-12(9-4-2-1-3-5-9)20-15(11)18-14(19-20)13(17)10-6-7-10/h1-5,10-13H,6-8H2/t11-,12-,13-/m0/s1/i13D. The highest BCUT2D eigenvalue weighted by Crippen LogP contribution is 2.45. The average Bonchev–Trinajstić information content (AvgIpc) is 3.17. The number of rotatable bonds is 3. The summed E-state index contributed by atoms with van der Waals surface area (Å²) in [4.78, 5) is 3.99. The molecular weight excluding hydrogens is 260 g/mol. The van der Waals surface area contributed by atoms with E-state index in [1.54, 1.807) is 0 Å². The van der Waals surface area contributed by atoms with Gasteiger partial charge in [0.05, 0.1) is 7.41 Å². The number of fused-ring (bicyclic) bond motifs is 1. The zero-order valence-electron chi connectivity index (χ0n) is 11.8. The maximum absolute atomic E-state index is 14.4. The highest BCUT2D eigenvalue weighted by atomic mass is 19.1. The highest BCUT2D eigenvalue weighted by Gasteiger charge is 2.40. The molecule has 0 radical (unpaired) electrons. The average molecular weight is 276 g/mol. The maximum atomic E-state index is 14.4. The molecule has 2 aromatic rings. The summed E-state index contributed by atoms with van der Waals surface area (Å²) in [5.74, 6) is -0.397. The number of hydrogen-bond donors (Lipinski definition) is 0. The Kier molecular flexibility index (Phi) is 2.39. The normalized spacial score (nSPS) is 28.8. The minimum Gasteiger partial charge on any atom is -0.239 e. The molecule has 2 heterocycles. The van der Waals surface area contributed by atoms with Crippen molar-refractivity contribution < 1.29 is 10.2 Å². The summed E-state index contributed by atoms with van der Waals surface area (Å²) in [6, 6.07) is 9.19. The van der Waals surface area contributed by atoms with Crippen LogP contribution in [0.25, 0.3) is 0 Å². The van der Waals surface area contributed by atoms with Crippen LogP contribution in [-0.4, -0.2) is 14.8 Å². The maximum Gasteiger partial charge on any atom is 0.185 e. The molecule has 104 valence electrons. The second-order valence-electron chi connectivity index (χ2n) is 5.49. The van der Waals surface area contributed by atoms with Crippen LogP contribution in [0.2, 0.25) is 0 Å². The molecule has 1 aromatic heterocycles. The van der Waals surface area contributed by atoms with Crippen molar-refractivity contribution in [1.82, 2.24) is 14.8 Å². The van der Waals surface area contributed by atoms with Gasteiger partial charge < -0.3 is 0 Å². The first-order valence-corrected chi connectivity index (χ1v) is 6.92. The van der Waals surface area contributed by atoms with Crippen molar-refractivity contribution in [3.63, 3.8) is 0 Å². The molecule has 3 nitrogen and oxygen atoms in total. The van der Waals surface area contributed by atoms with E-state index in [4.69, 9.17) is 1.37 Å². The van der Waals surface area contributed by atoms with Crippen molar-refractivity contribution in [3.05, 3.63) is 47.5 Å². The van der Waals surface area contributed by atoms with E-state index in [0.717, 1.165) is 5.56 Å². The predicted octanol–water partition coefficient (Wildman–Crippen LogP) is 3.70. The Morgan fingerprint density at radius 1 is 1.30 bits per heavy atom. The van der Waals surface area contributed by atoms with Crippen molar-refractivity contribution >= 4 is 0 Å². The highest BCUT2D eigenvalue weighted by molar-refractivity contribution is 5.23. The van der Waals surface area contributed by atoms with Gasteiger partial charge in [-0.3, -0.25) is 0 Å². The number of alkyl halides is 2. The van der Waals surface area contributed by atoms with E-state index in [1.807, 2.05) is 30.3 Å². The van der Waals surface area contributed by atoms with Gasteiger partial charge in [0, 0.05) is 6.42 Å². The summed E-state index contributed by atoms with van der Waals surface area (Å²) < 4.78 is 37.8. The van der Waals surface area contributed by atoms with Crippen molar-refractivity contribution in [2.45, 2.75) is 37.6 Å². The zero-order valence-corrected chi connectivity index (χ0v) is 10.8. The van der Waals surface area contributed by atoms with Crippen LogP contribution in [0, 0.1) is 5.92 Å². The summed E-state index contributed by atoms with van der Waals surface area (Å²) in [6.07, 6.45) is -1.94. The minimum absolute atomic E-state index is 0.147. The number of halogens is 2. The van der Waals surface area contributed by atoms with Crippen molar-refractivity contribution in [2.75, 3.05) is 0 Å². The molecule has 20 heavy (non-hydrogen) atoms. The lowest BCUT2D eigenvalue weighted by Crippen LogP contribution is -2.08. The number of aromatic nitrogens is 3. The molecule has 0 amide bonds. The van der Waals surface area contributed by atoms with Gasteiger partial charge in [-0.2, -0.15) is 5.10 Å². The fourth-order valence-corrected chi connectivity index (χ4v) is 2.75. The summed E-state index contributed by atoms with van der Waals surface area (Å²) in [5.41, 5.74) is 0.927. The van der Waals surface area contributed by atoms with Crippen molar-refractivity contribution in [2.24, 2.45) is 5.92 Å². The van der Waals surface area contributed by atoms with Crippen molar-refractivity contribution in [1.29, 1.82) is 0 Å². The molecule has 0 unspecified atom stereocenters. The molecule has 1 fully saturated rings. The largest absolute Gasteiger partial charge is 0.239 e. The first-order chi connectivity index (χ1) is 10.1. The third-order valence-electron chi connectivity index (χ3n) is 4.00. The number of benzene rings is 1. The molecule has 1 aliphatic carbocycles. The molecule has 0 spiro atoms. The van der Waals surface area contributed by atoms with Gasteiger partial charge >= 0.3 is 0 Å². The van der Waals surface area contributed by atoms with Crippen LogP contribution in [0.1, 0.15) is 56.2 Å². The van der Waals surface area contributed by atoms with Gasteiger partial charge in [0.25, 0.3) is 0 Å². The van der Waals surface area contributed by atoms with Crippen LogP contribution in [-0.2, 0) is 0 Å². The van der Waals surface area contributed by atoms with Gasteiger partial charge in [0.15, 0.2) is 24.0 Å². The number of hydrogen-bond acceptors (Lipinski definition) is 2. The van der Waals surface area contributed by atoms with E-state index in [1.165, 1.54) is 4.68 Å². The quantitative estimate of drug-likeness (QED) is 0.855. The van der Waals surface area contributed by atoms with E-state index < -0.39 is 12.3 Å². The molecular formula is C15H15F2N3. The Morgan fingerprint density at radius 2 is 2.05 bits per heavy atom. The lowest BCUT2D eigenvalue weighted by atomic mass is 10.0. The molecule has 1 aliphatic heterocycles. The van der Waals surface area contributed by atoms with E-state index >= 15 is 0 Å². The molecule has 3 atom stereocenters. The molecule has 1 saturated carbocycles. The molecule has 4 rings (SSSR count). The Labute approximate surface area is 117 Å².